The molecule has 0 aliphatic carbocycles. The lowest BCUT2D eigenvalue weighted by Crippen LogP contribution is -2.42. The van der Waals surface area contributed by atoms with Crippen LogP contribution in [-0.2, 0) is 4.74 Å². The average Bonchev–Trinajstić information content (AvgIpc) is 3.23. The summed E-state index contributed by atoms with van der Waals surface area (Å²) in [7, 11) is 0. The van der Waals surface area contributed by atoms with E-state index >= 15 is 0 Å². The third-order valence-electron chi connectivity index (χ3n) is 4.99. The minimum absolute atomic E-state index is 0.159. The van der Waals surface area contributed by atoms with Crippen LogP contribution in [0, 0.1) is 0 Å². The van der Waals surface area contributed by atoms with Crippen LogP contribution in [-0.4, -0.2) is 37.9 Å². The van der Waals surface area contributed by atoms with Gasteiger partial charge in [-0.15, -0.1) is 0 Å². The Morgan fingerprint density at radius 1 is 1.25 bits per heavy atom. The molecule has 1 aliphatic rings. The summed E-state index contributed by atoms with van der Waals surface area (Å²) < 4.78 is 6.49. The molecule has 0 amide bonds. The Morgan fingerprint density at radius 3 is 2.79 bits per heavy atom. The lowest BCUT2D eigenvalue weighted by molar-refractivity contribution is 0.0670. The number of nitrogens with one attached hydrogen (secondary N) is 3. The van der Waals surface area contributed by atoms with Crippen molar-refractivity contribution >= 4 is 5.95 Å². The summed E-state index contributed by atoms with van der Waals surface area (Å²) in [5.41, 5.74) is 2.01. The number of aromatic amines is 2. The molecule has 4 rings (SSSR count). The Morgan fingerprint density at radius 2 is 2.07 bits per heavy atom. The van der Waals surface area contributed by atoms with Crippen molar-refractivity contribution in [2.24, 2.45) is 0 Å². The van der Waals surface area contributed by atoms with Gasteiger partial charge in [-0.2, -0.15) is 10.1 Å². The maximum atomic E-state index is 12.5. The molecule has 3 aromatic rings. The zero-order chi connectivity index (χ0) is 19.5. The number of nitrogens with zero attached hydrogens (tertiary/aromatic N) is 3. The van der Waals surface area contributed by atoms with E-state index in [1.54, 1.807) is 6.20 Å². The van der Waals surface area contributed by atoms with Gasteiger partial charge in [0.15, 0.2) is 0 Å². The molecule has 9 nitrogen and oxygen atoms in total. The van der Waals surface area contributed by atoms with Gasteiger partial charge in [-0.05, 0) is 37.0 Å². The molecular formula is C19H22N6O3. The molecule has 1 atom stereocenters. The molecular weight excluding hydrogens is 360 g/mol. The van der Waals surface area contributed by atoms with Gasteiger partial charge in [0.05, 0.1) is 12.2 Å². The van der Waals surface area contributed by atoms with E-state index < -0.39 is 11.4 Å². The van der Waals surface area contributed by atoms with E-state index in [1.807, 2.05) is 37.4 Å². The van der Waals surface area contributed by atoms with E-state index in [4.69, 9.17) is 4.74 Å². The van der Waals surface area contributed by atoms with E-state index in [0.717, 1.165) is 16.7 Å². The zero-order valence-corrected chi connectivity index (χ0v) is 15.5. The number of benzene rings is 1. The first-order chi connectivity index (χ1) is 13.6. The fourth-order valence-corrected chi connectivity index (χ4v) is 3.44. The molecule has 0 saturated carbocycles. The highest BCUT2D eigenvalue weighted by Crippen LogP contribution is 2.23. The maximum Gasteiger partial charge on any atom is 0.355 e. The number of ether oxygens (including phenoxy) is 1. The summed E-state index contributed by atoms with van der Waals surface area (Å²) in [5.74, 6) is 0.166. The van der Waals surface area contributed by atoms with Crippen molar-refractivity contribution < 1.29 is 4.74 Å². The Balaban J connectivity index is 1.55. The van der Waals surface area contributed by atoms with Crippen LogP contribution < -0.4 is 16.7 Å². The van der Waals surface area contributed by atoms with Crippen LogP contribution in [0.2, 0.25) is 0 Å². The number of hydrogen-bond acceptors (Lipinski definition) is 6. The minimum atomic E-state index is -0.544. The highest BCUT2D eigenvalue weighted by molar-refractivity contribution is 5.62. The first kappa shape index (κ1) is 18.2. The van der Waals surface area contributed by atoms with Crippen molar-refractivity contribution in [1.82, 2.24) is 24.7 Å². The Labute approximate surface area is 160 Å². The molecule has 0 unspecified atom stereocenters. The summed E-state index contributed by atoms with van der Waals surface area (Å²) in [5, 5.41) is 9.89. The quantitative estimate of drug-likeness (QED) is 0.620. The van der Waals surface area contributed by atoms with Crippen LogP contribution in [0.15, 0.2) is 46.2 Å². The molecule has 0 spiro atoms. The zero-order valence-electron chi connectivity index (χ0n) is 15.5. The van der Waals surface area contributed by atoms with Crippen molar-refractivity contribution in [3.8, 4) is 11.1 Å². The van der Waals surface area contributed by atoms with Crippen LogP contribution in [0.1, 0.15) is 37.4 Å². The summed E-state index contributed by atoms with van der Waals surface area (Å²) in [6, 6.07) is 7.63. The summed E-state index contributed by atoms with van der Waals surface area (Å²) in [4.78, 5) is 31.6. The lowest BCUT2D eigenvalue weighted by atomic mass is 10.0. The van der Waals surface area contributed by atoms with Gasteiger partial charge in [-0.25, -0.2) is 14.2 Å². The molecule has 0 radical (unpaired) electrons. The highest BCUT2D eigenvalue weighted by atomic mass is 16.5. The minimum Gasteiger partial charge on any atom is -0.381 e. The van der Waals surface area contributed by atoms with Crippen molar-refractivity contribution in [3.05, 3.63) is 63.2 Å². The second-order valence-corrected chi connectivity index (χ2v) is 6.87. The predicted octanol–water partition coefficient (Wildman–Crippen LogP) is 1.85. The number of rotatable bonds is 5. The number of H-pyrrole nitrogens is 2. The van der Waals surface area contributed by atoms with Gasteiger partial charge >= 0.3 is 11.4 Å². The van der Waals surface area contributed by atoms with E-state index in [1.165, 1.54) is 4.57 Å². The van der Waals surface area contributed by atoms with Gasteiger partial charge in [0, 0.05) is 31.0 Å². The Hall–Kier alpha value is -3.20. The third-order valence-corrected chi connectivity index (χ3v) is 4.99. The van der Waals surface area contributed by atoms with Crippen molar-refractivity contribution in [3.63, 3.8) is 0 Å². The molecule has 0 bridgehead atoms. The van der Waals surface area contributed by atoms with Crippen LogP contribution in [0.3, 0.4) is 0 Å². The van der Waals surface area contributed by atoms with Crippen LogP contribution in [0.4, 0.5) is 5.95 Å². The summed E-state index contributed by atoms with van der Waals surface area (Å²) in [6.07, 6.45) is 4.85. The molecule has 9 heteroatoms. The van der Waals surface area contributed by atoms with Crippen molar-refractivity contribution in [1.29, 1.82) is 0 Å². The van der Waals surface area contributed by atoms with Crippen LogP contribution in [0.25, 0.3) is 11.1 Å². The SMILES string of the molecule is C[C@H](Nc1nc(=O)n(C2CCOCC2)c(=O)[nH]1)c1cccc(-c2cn[nH]c2)c1. The first-order valence-electron chi connectivity index (χ1n) is 9.28. The van der Waals surface area contributed by atoms with Crippen LogP contribution >= 0.6 is 0 Å². The molecule has 2 aromatic heterocycles. The number of aromatic nitrogens is 5. The lowest BCUT2D eigenvalue weighted by Gasteiger charge is -2.23. The van der Waals surface area contributed by atoms with E-state index in [9.17, 15) is 9.59 Å². The molecule has 28 heavy (non-hydrogen) atoms. The third kappa shape index (κ3) is 3.74. The van der Waals surface area contributed by atoms with Gasteiger partial charge in [-0.3, -0.25) is 10.1 Å². The van der Waals surface area contributed by atoms with Crippen molar-refractivity contribution in [2.75, 3.05) is 18.5 Å². The second-order valence-electron chi connectivity index (χ2n) is 6.87. The predicted molar refractivity (Wildman–Crippen MR) is 104 cm³/mol. The molecule has 1 aliphatic heterocycles. The molecule has 3 N–H and O–H groups in total. The van der Waals surface area contributed by atoms with Gasteiger partial charge < -0.3 is 10.1 Å². The summed E-state index contributed by atoms with van der Waals surface area (Å²) in [6.45, 7) is 3.03. The van der Waals surface area contributed by atoms with Gasteiger partial charge in [0.25, 0.3) is 0 Å². The summed E-state index contributed by atoms with van der Waals surface area (Å²) >= 11 is 0. The second kappa shape index (κ2) is 7.81. The number of anilines is 1. The molecule has 1 fully saturated rings. The molecule has 1 saturated heterocycles. The monoisotopic (exact) mass is 382 g/mol. The van der Waals surface area contributed by atoms with E-state index in [-0.39, 0.29) is 18.0 Å². The standard InChI is InChI=1S/C19H22N6O3/c1-12(13-3-2-4-14(9-13)15-10-20-21-11-15)22-17-23-18(26)25(19(27)24-17)16-5-7-28-8-6-16/h2-4,9-12,16H,5-8H2,1H3,(H,20,21)(H2,22,23,24,26,27)/t12-/m0/s1. The van der Waals surface area contributed by atoms with Crippen molar-refractivity contribution in [2.45, 2.75) is 31.8 Å². The Bertz CT molecular complexity index is 1020. The van der Waals surface area contributed by atoms with E-state index in [0.29, 0.717) is 26.1 Å². The maximum absolute atomic E-state index is 12.5. The molecule has 1 aromatic carbocycles. The fraction of sp³-hybridized carbons (Fsp3) is 0.368. The fourth-order valence-electron chi connectivity index (χ4n) is 3.44. The normalized spacial score (nSPS) is 16.0. The van der Waals surface area contributed by atoms with Crippen LogP contribution in [0.5, 0.6) is 0 Å². The van der Waals surface area contributed by atoms with Gasteiger partial charge in [0.2, 0.25) is 5.95 Å². The van der Waals surface area contributed by atoms with Gasteiger partial charge in [0.1, 0.15) is 0 Å². The van der Waals surface area contributed by atoms with E-state index in [2.05, 4.69) is 25.5 Å². The highest BCUT2D eigenvalue weighted by Gasteiger charge is 2.20. The largest absolute Gasteiger partial charge is 0.381 e. The first-order valence-corrected chi connectivity index (χ1v) is 9.28. The number of hydrogen-bond donors (Lipinski definition) is 3. The smallest absolute Gasteiger partial charge is 0.355 e. The molecule has 146 valence electrons. The molecule has 3 heterocycles. The average molecular weight is 382 g/mol. The Kier molecular flexibility index (Phi) is 5.07. The topological polar surface area (TPSA) is 118 Å². The van der Waals surface area contributed by atoms with Gasteiger partial charge in [-0.1, -0.05) is 18.2 Å².